The molecule has 1 saturated carbocycles. The fraction of sp³-hybridized carbons (Fsp3) is 0.524. The van der Waals surface area contributed by atoms with Crippen molar-refractivity contribution in [1.82, 2.24) is 0 Å². The molecule has 2 aliphatic rings. The van der Waals surface area contributed by atoms with Crippen LogP contribution in [0.4, 0.5) is 0 Å². The van der Waals surface area contributed by atoms with Crippen LogP contribution in [-0.4, -0.2) is 24.1 Å². The summed E-state index contributed by atoms with van der Waals surface area (Å²) in [4.78, 5) is 26.6. The molecule has 4 heteroatoms. The summed E-state index contributed by atoms with van der Waals surface area (Å²) in [6.45, 7) is 2.06. The van der Waals surface area contributed by atoms with Crippen molar-refractivity contribution in [3.8, 4) is 0 Å². The third kappa shape index (κ3) is 3.35. The molecule has 1 aromatic rings. The van der Waals surface area contributed by atoms with Crippen LogP contribution in [0, 0.1) is 5.92 Å². The second-order valence-electron chi connectivity index (χ2n) is 7.31. The number of carbonyl (C=O) groups excluding carboxylic acids is 2. The normalized spacial score (nSPS) is 24.4. The van der Waals surface area contributed by atoms with Gasteiger partial charge in [0.05, 0.1) is 15.2 Å². The summed E-state index contributed by atoms with van der Waals surface area (Å²) in [5, 5.41) is 0. The average Bonchev–Trinajstić information content (AvgIpc) is 2.64. The first-order valence-electron chi connectivity index (χ1n) is 9.04. The zero-order valence-electron chi connectivity index (χ0n) is 15.3. The van der Waals surface area contributed by atoms with E-state index in [4.69, 9.17) is 0 Å². The predicted octanol–water partition coefficient (Wildman–Crippen LogP) is 5.62. The minimum atomic E-state index is -0.585. The third-order valence-electron chi connectivity index (χ3n) is 5.72. The Hall–Kier alpha value is -1.00. The van der Waals surface area contributed by atoms with E-state index in [1.54, 1.807) is 0 Å². The zero-order valence-corrected chi connectivity index (χ0v) is 16.9. The molecular weight excluding hydrogens is 348 g/mol. The lowest BCUT2D eigenvalue weighted by atomic mass is 9.63. The van der Waals surface area contributed by atoms with Gasteiger partial charge in [-0.25, -0.2) is 0 Å². The number of thioether (sulfide) groups is 2. The largest absolute Gasteiger partial charge is 0.293 e. The van der Waals surface area contributed by atoms with Crippen LogP contribution in [0.1, 0.15) is 61.4 Å². The highest BCUT2D eigenvalue weighted by molar-refractivity contribution is 8.21. The Bertz CT molecular complexity index is 710. The first kappa shape index (κ1) is 18.8. The van der Waals surface area contributed by atoms with Gasteiger partial charge < -0.3 is 0 Å². The van der Waals surface area contributed by atoms with Gasteiger partial charge in [-0.1, -0.05) is 56.4 Å². The number of hydrogen-bond acceptors (Lipinski definition) is 4. The van der Waals surface area contributed by atoms with Crippen molar-refractivity contribution < 1.29 is 9.59 Å². The van der Waals surface area contributed by atoms with Gasteiger partial charge in [0.25, 0.3) is 0 Å². The van der Waals surface area contributed by atoms with Gasteiger partial charge in [-0.2, -0.15) is 0 Å². The maximum atomic E-state index is 13.5. The number of ketones is 2. The highest BCUT2D eigenvalue weighted by Crippen LogP contribution is 2.46. The molecule has 0 radical (unpaired) electrons. The highest BCUT2D eigenvalue weighted by Gasteiger charge is 2.47. The molecule has 0 heterocycles. The summed E-state index contributed by atoms with van der Waals surface area (Å²) in [5.74, 6) is 0.512. The van der Waals surface area contributed by atoms with Crippen LogP contribution < -0.4 is 0 Å². The third-order valence-corrected chi connectivity index (χ3v) is 7.87. The summed E-state index contributed by atoms with van der Waals surface area (Å²) in [7, 11) is 0. The Kier molecular flexibility index (Phi) is 5.79. The second kappa shape index (κ2) is 7.71. The van der Waals surface area contributed by atoms with Crippen LogP contribution in [0.2, 0.25) is 0 Å². The molecule has 134 valence electrons. The Balaban J connectivity index is 2.12. The fourth-order valence-corrected chi connectivity index (χ4v) is 5.89. The van der Waals surface area contributed by atoms with Crippen molar-refractivity contribution in [2.45, 2.75) is 50.9 Å². The molecule has 0 N–H and O–H groups in total. The number of hydrogen-bond donors (Lipinski definition) is 0. The molecule has 1 fully saturated rings. The van der Waals surface area contributed by atoms with Crippen molar-refractivity contribution in [2.75, 3.05) is 12.5 Å². The smallest absolute Gasteiger partial charge is 0.198 e. The van der Waals surface area contributed by atoms with Gasteiger partial charge in [0.1, 0.15) is 0 Å². The summed E-state index contributed by atoms with van der Waals surface area (Å²) in [6.07, 6.45) is 11.0. The number of rotatable bonds is 4. The monoisotopic (exact) mass is 374 g/mol. The molecular formula is C21H26O2S2. The first-order valence-corrected chi connectivity index (χ1v) is 11.5. The van der Waals surface area contributed by atoms with Gasteiger partial charge >= 0.3 is 0 Å². The first-order chi connectivity index (χ1) is 12.0. The van der Waals surface area contributed by atoms with Crippen LogP contribution in [0.15, 0.2) is 34.1 Å². The summed E-state index contributed by atoms with van der Waals surface area (Å²) < 4.78 is 0.847. The minimum absolute atomic E-state index is 0.0282. The molecule has 0 amide bonds. The summed E-state index contributed by atoms with van der Waals surface area (Å²) in [6, 6.07) is 7.74. The van der Waals surface area contributed by atoms with Crippen LogP contribution in [0.25, 0.3) is 0 Å². The summed E-state index contributed by atoms with van der Waals surface area (Å²) >= 11 is 3.01. The number of benzene rings is 1. The molecule has 1 aromatic carbocycles. The molecule has 2 nitrogen and oxygen atoms in total. The topological polar surface area (TPSA) is 34.1 Å². The maximum Gasteiger partial charge on any atom is 0.198 e. The SMILES string of the molecule is CSC(SC)=C1C(=O)c2ccccc2C(C)(CC2CCCCC2)C1=O. The molecule has 25 heavy (non-hydrogen) atoms. The molecule has 0 saturated heterocycles. The zero-order chi connectivity index (χ0) is 18.0. The Morgan fingerprint density at radius 1 is 1.08 bits per heavy atom. The van der Waals surface area contributed by atoms with E-state index in [1.165, 1.54) is 55.6 Å². The molecule has 2 aliphatic carbocycles. The van der Waals surface area contributed by atoms with Gasteiger partial charge in [-0.05, 0) is 37.3 Å². The summed E-state index contributed by atoms with van der Waals surface area (Å²) in [5.41, 5.74) is 1.48. The van der Waals surface area contributed by atoms with Crippen LogP contribution in [-0.2, 0) is 10.2 Å². The lowest BCUT2D eigenvalue weighted by Gasteiger charge is -2.39. The predicted molar refractivity (Wildman–Crippen MR) is 108 cm³/mol. The van der Waals surface area contributed by atoms with Crippen LogP contribution >= 0.6 is 23.5 Å². The van der Waals surface area contributed by atoms with E-state index in [0.717, 1.165) is 21.8 Å². The molecule has 0 aliphatic heterocycles. The molecule has 0 bridgehead atoms. The average molecular weight is 375 g/mol. The van der Waals surface area contributed by atoms with Gasteiger partial charge in [-0.15, -0.1) is 23.5 Å². The lowest BCUT2D eigenvalue weighted by molar-refractivity contribution is -0.121. The van der Waals surface area contributed by atoms with Gasteiger partial charge in [0.15, 0.2) is 11.6 Å². The van der Waals surface area contributed by atoms with Crippen molar-refractivity contribution in [3.05, 3.63) is 45.2 Å². The van der Waals surface area contributed by atoms with Crippen molar-refractivity contribution in [3.63, 3.8) is 0 Å². The Morgan fingerprint density at radius 2 is 1.72 bits per heavy atom. The minimum Gasteiger partial charge on any atom is -0.293 e. The lowest BCUT2D eigenvalue weighted by Crippen LogP contribution is -2.43. The van der Waals surface area contributed by atoms with E-state index in [1.807, 2.05) is 36.8 Å². The Labute approximate surface area is 159 Å². The molecule has 0 aromatic heterocycles. The number of fused-ring (bicyclic) bond motifs is 1. The van der Waals surface area contributed by atoms with Gasteiger partial charge in [-0.3, -0.25) is 9.59 Å². The molecule has 1 atom stereocenters. The number of carbonyl (C=O) groups is 2. The van der Waals surface area contributed by atoms with E-state index in [0.29, 0.717) is 11.5 Å². The Morgan fingerprint density at radius 3 is 2.36 bits per heavy atom. The van der Waals surface area contributed by atoms with Crippen LogP contribution in [0.5, 0.6) is 0 Å². The highest BCUT2D eigenvalue weighted by atomic mass is 32.2. The molecule has 1 unspecified atom stereocenters. The van der Waals surface area contributed by atoms with E-state index < -0.39 is 5.41 Å². The van der Waals surface area contributed by atoms with E-state index in [-0.39, 0.29) is 11.6 Å². The number of allylic oxidation sites excluding steroid dienone is 1. The molecule has 3 rings (SSSR count). The van der Waals surface area contributed by atoms with Crippen molar-refractivity contribution >= 4 is 35.1 Å². The van der Waals surface area contributed by atoms with Gasteiger partial charge in [0, 0.05) is 5.56 Å². The van der Waals surface area contributed by atoms with E-state index >= 15 is 0 Å². The van der Waals surface area contributed by atoms with Gasteiger partial charge in [0.2, 0.25) is 0 Å². The molecule has 0 spiro atoms. The maximum absolute atomic E-state index is 13.5. The second-order valence-corrected chi connectivity index (χ2v) is 9.21. The van der Waals surface area contributed by atoms with Crippen molar-refractivity contribution in [1.29, 1.82) is 0 Å². The fourth-order valence-electron chi connectivity index (χ4n) is 4.44. The van der Waals surface area contributed by atoms with E-state index in [9.17, 15) is 9.59 Å². The number of Topliss-reactive ketones (excluding diaryl/α,β-unsaturated/α-hetero) is 2. The standard InChI is InChI=1S/C21H26O2S2/c1-21(13-14-9-5-4-6-10-14)16-12-8-7-11-15(16)18(22)17(19(21)23)20(24-2)25-3/h7-8,11-12,14H,4-6,9-10,13H2,1-3H3. The van der Waals surface area contributed by atoms with E-state index in [2.05, 4.69) is 6.92 Å². The quantitative estimate of drug-likeness (QED) is 0.506. The van der Waals surface area contributed by atoms with Crippen LogP contribution in [0.3, 0.4) is 0 Å². The van der Waals surface area contributed by atoms with Crippen molar-refractivity contribution in [2.24, 2.45) is 5.92 Å².